The summed E-state index contributed by atoms with van der Waals surface area (Å²) < 4.78 is 43.8. The zero-order valence-electron chi connectivity index (χ0n) is 14.0. The monoisotopic (exact) mass is 376 g/mol. The van der Waals surface area contributed by atoms with E-state index in [4.69, 9.17) is 4.42 Å². The van der Waals surface area contributed by atoms with Crippen molar-refractivity contribution in [3.05, 3.63) is 18.4 Å². The van der Waals surface area contributed by atoms with Gasteiger partial charge in [0.05, 0.1) is 11.5 Å². The minimum atomic E-state index is -4.44. The van der Waals surface area contributed by atoms with Crippen LogP contribution in [0.4, 0.5) is 13.2 Å². The Labute approximate surface area is 147 Å². The van der Waals surface area contributed by atoms with E-state index < -0.39 is 23.9 Å². The summed E-state index contributed by atoms with van der Waals surface area (Å²) in [6, 6.07) is 3.47. The van der Waals surface area contributed by atoms with Crippen molar-refractivity contribution in [2.75, 3.05) is 6.54 Å². The van der Waals surface area contributed by atoms with Gasteiger partial charge in [0.25, 0.3) is 0 Å². The molecule has 0 fully saturated rings. The molecule has 1 N–H and O–H groups in total. The smallest absolute Gasteiger partial charge is 0.405 e. The highest BCUT2D eigenvalue weighted by Gasteiger charge is 2.29. The van der Waals surface area contributed by atoms with Gasteiger partial charge in [-0.05, 0) is 25.0 Å². The van der Waals surface area contributed by atoms with Gasteiger partial charge in [-0.3, -0.25) is 9.36 Å². The summed E-state index contributed by atoms with van der Waals surface area (Å²) >= 11 is 1.06. The highest BCUT2D eigenvalue weighted by Crippen LogP contribution is 2.28. The molecule has 0 bridgehead atoms. The first-order valence-electron chi connectivity index (χ1n) is 7.65. The molecule has 6 nitrogen and oxygen atoms in total. The first-order valence-corrected chi connectivity index (χ1v) is 8.53. The third-order valence-corrected chi connectivity index (χ3v) is 4.20. The van der Waals surface area contributed by atoms with E-state index in [-0.39, 0.29) is 5.92 Å². The summed E-state index contributed by atoms with van der Waals surface area (Å²) in [5, 5.41) is 9.75. The molecule has 25 heavy (non-hydrogen) atoms. The normalized spacial score (nSPS) is 13.2. The van der Waals surface area contributed by atoms with Crippen LogP contribution in [0, 0.1) is 5.92 Å². The van der Waals surface area contributed by atoms with Gasteiger partial charge in [0.1, 0.15) is 6.54 Å². The van der Waals surface area contributed by atoms with Gasteiger partial charge in [-0.1, -0.05) is 25.6 Å². The number of thioether (sulfide) groups is 1. The van der Waals surface area contributed by atoms with Crippen LogP contribution in [-0.2, 0) is 11.3 Å². The Hall–Kier alpha value is -1.97. The quantitative estimate of drug-likeness (QED) is 0.750. The SMILES string of the molecule is CC(C)Cn1c(SC(C)C(=O)NCC(F)(F)F)nnc1-c1ccco1. The molecule has 0 spiro atoms. The predicted octanol–water partition coefficient (Wildman–Crippen LogP) is 3.35. The topological polar surface area (TPSA) is 73.0 Å². The number of alkyl halides is 3. The number of furan rings is 1. The van der Waals surface area contributed by atoms with E-state index in [0.717, 1.165) is 11.8 Å². The zero-order chi connectivity index (χ0) is 18.6. The second-order valence-corrected chi connectivity index (χ2v) is 7.19. The Morgan fingerprint density at radius 3 is 2.64 bits per heavy atom. The molecule has 0 aliphatic rings. The second-order valence-electron chi connectivity index (χ2n) is 5.88. The number of aromatic nitrogens is 3. The van der Waals surface area contributed by atoms with Crippen molar-refractivity contribution in [3.8, 4) is 11.6 Å². The van der Waals surface area contributed by atoms with E-state index in [9.17, 15) is 18.0 Å². The lowest BCUT2D eigenvalue weighted by Gasteiger charge is -2.15. The van der Waals surface area contributed by atoms with Crippen LogP contribution in [0.3, 0.4) is 0 Å². The Balaban J connectivity index is 2.14. The lowest BCUT2D eigenvalue weighted by molar-refractivity contribution is -0.137. The van der Waals surface area contributed by atoms with Crippen LogP contribution in [0.5, 0.6) is 0 Å². The number of rotatable bonds is 7. The van der Waals surface area contributed by atoms with Crippen LogP contribution >= 0.6 is 11.8 Å². The van der Waals surface area contributed by atoms with Crippen molar-refractivity contribution in [1.29, 1.82) is 0 Å². The van der Waals surface area contributed by atoms with Crippen molar-refractivity contribution < 1.29 is 22.4 Å². The third kappa shape index (κ3) is 5.52. The average molecular weight is 376 g/mol. The number of carbonyl (C=O) groups excluding carboxylic acids is 1. The van der Waals surface area contributed by atoms with Crippen LogP contribution in [0.25, 0.3) is 11.6 Å². The van der Waals surface area contributed by atoms with Crippen LogP contribution in [-0.4, -0.2) is 38.6 Å². The fourth-order valence-corrected chi connectivity index (χ4v) is 2.92. The number of nitrogens with zero attached hydrogens (tertiary/aromatic N) is 3. The number of carbonyl (C=O) groups is 1. The molecule has 0 aliphatic carbocycles. The lowest BCUT2D eigenvalue weighted by Crippen LogP contribution is -2.38. The predicted molar refractivity (Wildman–Crippen MR) is 86.9 cm³/mol. The Bertz CT molecular complexity index is 698. The van der Waals surface area contributed by atoms with Gasteiger partial charge < -0.3 is 9.73 Å². The van der Waals surface area contributed by atoms with Gasteiger partial charge >= 0.3 is 6.18 Å². The largest absolute Gasteiger partial charge is 0.461 e. The molecule has 2 aromatic heterocycles. The molecule has 2 rings (SSSR count). The molecular weight excluding hydrogens is 357 g/mol. The van der Waals surface area contributed by atoms with Gasteiger partial charge in [-0.15, -0.1) is 10.2 Å². The molecule has 0 aliphatic heterocycles. The molecule has 0 aromatic carbocycles. The molecule has 0 saturated heterocycles. The fraction of sp³-hybridized carbons (Fsp3) is 0.533. The van der Waals surface area contributed by atoms with Crippen molar-refractivity contribution in [2.24, 2.45) is 5.92 Å². The molecule has 10 heteroatoms. The first kappa shape index (κ1) is 19.4. The third-order valence-electron chi connectivity index (χ3n) is 3.12. The standard InChI is InChI=1S/C15H19F3N4O2S/c1-9(2)7-22-12(11-5-4-6-24-11)20-21-14(22)25-10(3)13(23)19-8-15(16,17)18/h4-6,9-10H,7-8H2,1-3H3,(H,19,23). The van der Waals surface area contributed by atoms with Gasteiger partial charge in [0, 0.05) is 6.54 Å². The average Bonchev–Trinajstić information content (AvgIpc) is 3.14. The highest BCUT2D eigenvalue weighted by molar-refractivity contribution is 8.00. The van der Waals surface area contributed by atoms with Crippen LogP contribution in [0.1, 0.15) is 20.8 Å². The molecule has 1 atom stereocenters. The highest BCUT2D eigenvalue weighted by atomic mass is 32.2. The van der Waals surface area contributed by atoms with E-state index >= 15 is 0 Å². The Kier molecular flexibility index (Phi) is 6.15. The molecule has 0 saturated carbocycles. The van der Waals surface area contributed by atoms with Crippen molar-refractivity contribution in [1.82, 2.24) is 20.1 Å². The number of nitrogens with one attached hydrogen (secondary N) is 1. The second kappa shape index (κ2) is 7.94. The maximum atomic E-state index is 12.2. The fourth-order valence-electron chi connectivity index (χ4n) is 2.04. The van der Waals surface area contributed by atoms with E-state index in [0.29, 0.717) is 23.3 Å². The van der Waals surface area contributed by atoms with Gasteiger partial charge in [-0.2, -0.15) is 13.2 Å². The summed E-state index contributed by atoms with van der Waals surface area (Å²) in [5.74, 6) is 0.623. The van der Waals surface area contributed by atoms with E-state index in [2.05, 4.69) is 10.2 Å². The maximum absolute atomic E-state index is 12.2. The number of halogens is 3. The maximum Gasteiger partial charge on any atom is 0.405 e. The molecule has 138 valence electrons. The molecular formula is C15H19F3N4O2S. The minimum absolute atomic E-state index is 0.276. The summed E-state index contributed by atoms with van der Waals surface area (Å²) in [4.78, 5) is 11.9. The van der Waals surface area contributed by atoms with Crippen LogP contribution < -0.4 is 5.32 Å². The van der Waals surface area contributed by atoms with Crippen molar-refractivity contribution in [3.63, 3.8) is 0 Å². The van der Waals surface area contributed by atoms with Crippen molar-refractivity contribution >= 4 is 17.7 Å². The Morgan fingerprint density at radius 1 is 1.36 bits per heavy atom. The molecule has 2 heterocycles. The van der Waals surface area contributed by atoms with Crippen molar-refractivity contribution in [2.45, 2.75) is 43.9 Å². The van der Waals surface area contributed by atoms with Gasteiger partial charge in [0.2, 0.25) is 5.91 Å². The minimum Gasteiger partial charge on any atom is -0.461 e. The summed E-state index contributed by atoms with van der Waals surface area (Å²) in [6.45, 7) is 4.78. The summed E-state index contributed by atoms with van der Waals surface area (Å²) in [5.41, 5.74) is 0. The summed E-state index contributed by atoms with van der Waals surface area (Å²) in [6.07, 6.45) is -2.92. The van der Waals surface area contributed by atoms with Gasteiger partial charge in [0.15, 0.2) is 16.7 Å². The molecule has 1 amide bonds. The molecule has 1 unspecified atom stereocenters. The van der Waals surface area contributed by atoms with E-state index in [1.807, 2.05) is 23.7 Å². The summed E-state index contributed by atoms with van der Waals surface area (Å²) in [7, 11) is 0. The molecule has 0 radical (unpaired) electrons. The number of hydrogen-bond donors (Lipinski definition) is 1. The Morgan fingerprint density at radius 2 is 2.08 bits per heavy atom. The van der Waals surface area contributed by atoms with Crippen LogP contribution in [0.2, 0.25) is 0 Å². The zero-order valence-corrected chi connectivity index (χ0v) is 14.8. The number of hydrogen-bond acceptors (Lipinski definition) is 5. The molecule has 2 aromatic rings. The van der Waals surface area contributed by atoms with Crippen LogP contribution in [0.15, 0.2) is 28.0 Å². The lowest BCUT2D eigenvalue weighted by atomic mass is 10.2. The van der Waals surface area contributed by atoms with Gasteiger partial charge in [-0.25, -0.2) is 0 Å². The first-order chi connectivity index (χ1) is 11.7. The van der Waals surface area contributed by atoms with E-state index in [1.54, 1.807) is 12.1 Å². The van der Waals surface area contributed by atoms with E-state index in [1.165, 1.54) is 13.2 Å². The number of amides is 1.